The van der Waals surface area contributed by atoms with Gasteiger partial charge >= 0.3 is 12.2 Å². The lowest BCUT2D eigenvalue weighted by Crippen LogP contribution is -2.56. The largest absolute Gasteiger partial charge is 0.453 e. The molecule has 306 valence electrons. The number of methoxy groups -OCH3 is 2. The van der Waals surface area contributed by atoms with Crippen molar-refractivity contribution in [2.75, 3.05) is 31.4 Å². The minimum atomic E-state index is -0.681. The van der Waals surface area contributed by atoms with Crippen molar-refractivity contribution in [1.29, 1.82) is 0 Å². The summed E-state index contributed by atoms with van der Waals surface area (Å²) in [6.07, 6.45) is 5.12. The summed E-state index contributed by atoms with van der Waals surface area (Å²) in [7, 11) is 2.61. The molecule has 3 fully saturated rings. The fourth-order valence-corrected chi connectivity index (χ4v) is 9.62. The van der Waals surface area contributed by atoms with Crippen LogP contribution in [0.2, 0.25) is 0 Å². The minimum absolute atomic E-state index is 0.0818. The summed E-state index contributed by atoms with van der Waals surface area (Å²) in [6.45, 7) is 8.34. The van der Waals surface area contributed by atoms with Crippen molar-refractivity contribution in [3.63, 3.8) is 0 Å². The van der Waals surface area contributed by atoms with Crippen molar-refractivity contribution in [2.24, 2.45) is 17.8 Å². The Morgan fingerprint density at radius 3 is 2.16 bits per heavy atom. The number of amides is 4. The number of anilines is 2. The number of carbonyl (C=O) groups excluding carboxylic acids is 4. The second kappa shape index (κ2) is 15.9. The number of nitrogens with one attached hydrogen (secondary N) is 5. The number of likely N-dealkylation sites (tertiary alicyclic amines) is 2. The van der Waals surface area contributed by atoms with Crippen LogP contribution in [0.25, 0.3) is 33.2 Å². The van der Waals surface area contributed by atoms with Crippen molar-refractivity contribution in [3.8, 4) is 22.4 Å². The van der Waals surface area contributed by atoms with Crippen LogP contribution in [0.5, 0.6) is 0 Å². The van der Waals surface area contributed by atoms with E-state index in [0.717, 1.165) is 82.5 Å². The van der Waals surface area contributed by atoms with Gasteiger partial charge in [0.1, 0.15) is 24.1 Å². The summed E-state index contributed by atoms with van der Waals surface area (Å²) >= 11 is 0. The third-order valence-corrected chi connectivity index (χ3v) is 12.6. The number of nitrogens with zero attached hydrogens (tertiary/aromatic N) is 3. The number of alkyl carbamates (subject to hydrolysis) is 2. The number of imidazole rings is 1. The van der Waals surface area contributed by atoms with Gasteiger partial charge in [0, 0.05) is 18.0 Å². The topological polar surface area (TPSA) is 170 Å². The zero-order valence-corrected chi connectivity index (χ0v) is 34.0. The van der Waals surface area contributed by atoms with E-state index < -0.39 is 24.3 Å². The zero-order chi connectivity index (χ0) is 40.8. The van der Waals surface area contributed by atoms with E-state index >= 15 is 0 Å². The zero-order valence-electron chi connectivity index (χ0n) is 34.0. The summed E-state index contributed by atoms with van der Waals surface area (Å²) in [6, 6.07) is 17.6. The Kier molecular flexibility index (Phi) is 10.7. The second-order valence-electron chi connectivity index (χ2n) is 16.8. The Labute approximate surface area is 338 Å². The van der Waals surface area contributed by atoms with Crippen LogP contribution in [-0.2, 0) is 19.1 Å². The SMILES string of the molecule is COC(=O)N[C@H](C(=O)N1CCC[C@H]1C1Nc2ccc3cc(-c4ccc(-c5cnc([C@@H]6[C@H]7CC[C@H](C7)N6C(=O)[C@@H](NC(=O)OC)C(C)C)[nH]5)cc4)ccc3c2N1)C(C)C. The van der Waals surface area contributed by atoms with Gasteiger partial charge in [-0.05, 0) is 84.1 Å². The molecule has 4 aliphatic rings. The number of aromatic amines is 1. The van der Waals surface area contributed by atoms with Crippen LogP contribution in [0.4, 0.5) is 21.0 Å². The molecule has 1 unspecified atom stereocenters. The Morgan fingerprint density at radius 2 is 1.47 bits per heavy atom. The van der Waals surface area contributed by atoms with Gasteiger partial charge in [0.15, 0.2) is 0 Å². The average molecular weight is 791 g/mol. The molecule has 0 spiro atoms. The molecule has 3 aliphatic heterocycles. The molecular weight excluding hydrogens is 737 g/mol. The predicted molar refractivity (Wildman–Crippen MR) is 222 cm³/mol. The molecule has 4 aromatic rings. The molecule has 0 radical (unpaired) electrons. The Balaban J connectivity index is 0.965. The van der Waals surface area contributed by atoms with Crippen LogP contribution in [0.3, 0.4) is 0 Å². The maximum Gasteiger partial charge on any atom is 0.407 e. The van der Waals surface area contributed by atoms with Crippen LogP contribution in [0.1, 0.15) is 71.7 Å². The number of hydrogen-bond donors (Lipinski definition) is 5. The van der Waals surface area contributed by atoms with E-state index in [2.05, 4.69) is 80.8 Å². The van der Waals surface area contributed by atoms with Gasteiger partial charge < -0.3 is 45.5 Å². The van der Waals surface area contributed by atoms with Crippen molar-refractivity contribution in [2.45, 2.75) is 96.2 Å². The van der Waals surface area contributed by atoms with Crippen molar-refractivity contribution in [3.05, 3.63) is 66.6 Å². The van der Waals surface area contributed by atoms with Gasteiger partial charge in [-0.15, -0.1) is 0 Å². The third-order valence-electron chi connectivity index (χ3n) is 12.6. The lowest BCUT2D eigenvalue weighted by atomic mass is 9.95. The van der Waals surface area contributed by atoms with E-state index in [4.69, 9.17) is 14.5 Å². The third kappa shape index (κ3) is 7.17. The highest BCUT2D eigenvalue weighted by molar-refractivity contribution is 6.03. The van der Waals surface area contributed by atoms with Gasteiger partial charge in [-0.2, -0.15) is 0 Å². The molecule has 2 bridgehead atoms. The van der Waals surface area contributed by atoms with Crippen LogP contribution >= 0.6 is 0 Å². The van der Waals surface area contributed by atoms with E-state index in [9.17, 15) is 19.2 Å². The molecule has 3 aromatic carbocycles. The highest BCUT2D eigenvalue weighted by Gasteiger charge is 2.51. The molecule has 1 aliphatic carbocycles. The molecule has 8 rings (SSSR count). The first-order valence-corrected chi connectivity index (χ1v) is 20.5. The monoisotopic (exact) mass is 790 g/mol. The molecule has 14 nitrogen and oxygen atoms in total. The van der Waals surface area contributed by atoms with Crippen molar-refractivity contribution in [1.82, 2.24) is 30.4 Å². The number of carbonyl (C=O) groups is 4. The number of hydrogen-bond acceptors (Lipinski definition) is 9. The number of aromatic nitrogens is 2. The van der Waals surface area contributed by atoms with Gasteiger partial charge in [-0.25, -0.2) is 14.6 Å². The lowest BCUT2D eigenvalue weighted by molar-refractivity contribution is -0.139. The predicted octanol–water partition coefficient (Wildman–Crippen LogP) is 6.86. The fourth-order valence-electron chi connectivity index (χ4n) is 9.62. The van der Waals surface area contributed by atoms with E-state index in [1.54, 1.807) is 0 Å². The van der Waals surface area contributed by atoms with Gasteiger partial charge in [0.05, 0.1) is 49.6 Å². The maximum atomic E-state index is 14.0. The molecule has 5 N–H and O–H groups in total. The van der Waals surface area contributed by atoms with Crippen molar-refractivity contribution >= 4 is 46.1 Å². The molecule has 2 saturated heterocycles. The first-order chi connectivity index (χ1) is 27.9. The molecular formula is C44H54N8O6. The van der Waals surface area contributed by atoms with Crippen LogP contribution in [0.15, 0.2) is 60.8 Å². The number of ether oxygens (including phenoxy) is 2. The summed E-state index contributed by atoms with van der Waals surface area (Å²) in [5, 5.41) is 15.0. The van der Waals surface area contributed by atoms with Gasteiger partial charge in [0.25, 0.3) is 0 Å². The standard InChI is InChI=1S/C44H54N8O6/c1-23(2)35(49-43(55)57-5)41(53)51-19-7-8-34(51)39-46-32-18-15-28-20-27(14-17-31(28)37(32)48-39)25-9-11-26(12-10-25)33-22-45-40(47-33)38-29-13-16-30(21-29)52(38)42(54)36(24(3)4)50-44(56)58-6/h9-12,14-15,17-18,20,22-24,29-30,34-36,38-39,46,48H,7-8,13,16,19,21H2,1-6H3,(H,45,47)(H,49,55)(H,50,56)/t29-,30+,34-,35-,36-,38-,39?/m0/s1. The first-order valence-electron chi connectivity index (χ1n) is 20.5. The fraction of sp³-hybridized carbons (Fsp3) is 0.477. The van der Waals surface area contributed by atoms with Crippen LogP contribution in [-0.4, -0.2) is 94.9 Å². The number of benzene rings is 3. The Hall–Kier alpha value is -5.79. The highest BCUT2D eigenvalue weighted by atomic mass is 16.5. The molecule has 58 heavy (non-hydrogen) atoms. The van der Waals surface area contributed by atoms with Crippen LogP contribution in [0, 0.1) is 17.8 Å². The van der Waals surface area contributed by atoms with Crippen LogP contribution < -0.4 is 21.3 Å². The number of fused-ring (bicyclic) bond motifs is 5. The maximum absolute atomic E-state index is 14.0. The summed E-state index contributed by atoms with van der Waals surface area (Å²) in [4.78, 5) is 64.0. The van der Waals surface area contributed by atoms with Gasteiger partial charge in [-0.3, -0.25) is 9.59 Å². The van der Waals surface area contributed by atoms with Gasteiger partial charge in [-0.1, -0.05) is 70.2 Å². The Bertz CT molecular complexity index is 2200. The molecule has 1 saturated carbocycles. The molecule has 7 atom stereocenters. The number of H-pyrrole nitrogens is 1. The van der Waals surface area contributed by atoms with E-state index in [1.165, 1.54) is 14.2 Å². The Morgan fingerprint density at radius 1 is 0.793 bits per heavy atom. The number of piperidine rings is 1. The van der Waals surface area contributed by atoms with E-state index in [-0.39, 0.29) is 47.9 Å². The lowest BCUT2D eigenvalue weighted by Gasteiger charge is -2.37. The smallest absolute Gasteiger partial charge is 0.407 e. The summed E-state index contributed by atoms with van der Waals surface area (Å²) in [5.41, 5.74) is 6.06. The van der Waals surface area contributed by atoms with E-state index in [1.807, 2.05) is 43.7 Å². The number of rotatable bonds is 10. The summed E-state index contributed by atoms with van der Waals surface area (Å²) < 4.78 is 9.62. The van der Waals surface area contributed by atoms with Gasteiger partial charge in [0.2, 0.25) is 11.8 Å². The first kappa shape index (κ1) is 39.1. The molecule has 4 amide bonds. The minimum Gasteiger partial charge on any atom is -0.453 e. The average Bonchev–Trinajstić information content (AvgIpc) is 4.09. The molecule has 4 heterocycles. The molecule has 14 heteroatoms. The highest BCUT2D eigenvalue weighted by Crippen LogP contribution is 2.50. The normalized spacial score (nSPS) is 23.1. The van der Waals surface area contributed by atoms with Crippen molar-refractivity contribution < 1.29 is 28.7 Å². The quantitative estimate of drug-likeness (QED) is 0.115. The molecule has 1 aromatic heterocycles. The second-order valence-corrected chi connectivity index (χ2v) is 16.8. The summed E-state index contributed by atoms with van der Waals surface area (Å²) in [5.74, 6) is 0.707. The van der Waals surface area contributed by atoms with E-state index in [0.29, 0.717) is 12.5 Å².